The molecule has 0 bridgehead atoms. The van der Waals surface area contributed by atoms with E-state index in [4.69, 9.17) is 4.52 Å². The number of thiazole rings is 1. The molecule has 0 saturated carbocycles. The predicted octanol–water partition coefficient (Wildman–Crippen LogP) is 5.94. The van der Waals surface area contributed by atoms with E-state index < -0.39 is 0 Å². The zero-order valence-corrected chi connectivity index (χ0v) is 18.0. The maximum atomic E-state index is 13.6. The van der Waals surface area contributed by atoms with Gasteiger partial charge in [-0.1, -0.05) is 12.1 Å². The second-order valence-corrected chi connectivity index (χ2v) is 9.06. The number of halogens is 1. The Morgan fingerprint density at radius 2 is 2.10 bits per heavy atom. The number of nitrogens with zero attached hydrogens (tertiary/aromatic N) is 3. The second kappa shape index (κ2) is 8.26. The monoisotopic (exact) mass is 438 g/mol. The van der Waals surface area contributed by atoms with Crippen molar-refractivity contribution in [3.8, 4) is 0 Å². The molecule has 5 rings (SSSR count). The summed E-state index contributed by atoms with van der Waals surface area (Å²) in [5.74, 6) is -0.147. The molecule has 2 aromatic heterocycles. The minimum Gasteiger partial charge on any atom is -0.356 e. The Labute approximate surface area is 183 Å². The normalized spacial score (nSPS) is 15.1. The van der Waals surface area contributed by atoms with Crippen LogP contribution in [0.3, 0.4) is 0 Å². The highest BCUT2D eigenvalue weighted by Gasteiger charge is 2.27. The summed E-state index contributed by atoms with van der Waals surface area (Å²) in [5, 5.41) is 9.04. The lowest BCUT2D eigenvalue weighted by molar-refractivity contribution is 0.193. The second-order valence-electron chi connectivity index (χ2n) is 7.94. The van der Waals surface area contributed by atoms with Gasteiger partial charge in [0.25, 0.3) is 0 Å². The molecule has 1 fully saturated rings. The summed E-state index contributed by atoms with van der Waals surface area (Å²) in [6.45, 7) is 3.37. The van der Waals surface area contributed by atoms with E-state index in [0.717, 1.165) is 57.7 Å². The van der Waals surface area contributed by atoms with Crippen molar-refractivity contribution in [2.75, 3.05) is 18.4 Å². The number of nitrogens with one attached hydrogen (secondary N) is 1. The number of anilines is 1. The summed E-state index contributed by atoms with van der Waals surface area (Å²) >= 11 is 1.68. The van der Waals surface area contributed by atoms with E-state index in [1.54, 1.807) is 17.4 Å². The number of piperidine rings is 1. The van der Waals surface area contributed by atoms with Crippen LogP contribution in [-0.2, 0) is 6.42 Å². The van der Waals surface area contributed by atoms with Crippen LogP contribution >= 0.6 is 11.3 Å². The molecule has 4 aromatic rings. The van der Waals surface area contributed by atoms with E-state index in [2.05, 4.69) is 22.4 Å². The molecule has 8 heteroatoms. The molecule has 3 heterocycles. The van der Waals surface area contributed by atoms with Crippen molar-refractivity contribution in [1.29, 1.82) is 0 Å². The van der Waals surface area contributed by atoms with Crippen molar-refractivity contribution in [3.63, 3.8) is 0 Å². The standard InChI is InChI=1S/C23H23FN4O2S/c1-2-3-21-26-18-6-5-16(13-20(18)31-21)25-23(29)28-10-8-14(9-11-28)22-17-12-15(24)4-7-19(17)30-27-22/h4-7,12-14H,2-3,8-11H2,1H3,(H,25,29). The van der Waals surface area contributed by atoms with E-state index in [1.807, 2.05) is 23.1 Å². The van der Waals surface area contributed by atoms with Crippen LogP contribution in [0.25, 0.3) is 21.2 Å². The van der Waals surface area contributed by atoms with Gasteiger partial charge in [-0.25, -0.2) is 14.2 Å². The maximum absolute atomic E-state index is 13.6. The van der Waals surface area contributed by atoms with Crippen LogP contribution < -0.4 is 5.32 Å². The Morgan fingerprint density at radius 3 is 2.90 bits per heavy atom. The lowest BCUT2D eigenvalue weighted by Crippen LogP contribution is -2.40. The molecule has 1 saturated heterocycles. The molecule has 0 atom stereocenters. The number of carbonyl (C=O) groups excluding carboxylic acids is 1. The van der Waals surface area contributed by atoms with E-state index in [-0.39, 0.29) is 17.8 Å². The number of likely N-dealkylation sites (tertiary alicyclic amines) is 1. The van der Waals surface area contributed by atoms with Crippen molar-refractivity contribution in [2.45, 2.75) is 38.5 Å². The smallest absolute Gasteiger partial charge is 0.321 e. The molecule has 160 valence electrons. The third-order valence-corrected chi connectivity index (χ3v) is 6.85. The molecular weight excluding hydrogens is 415 g/mol. The molecule has 31 heavy (non-hydrogen) atoms. The van der Waals surface area contributed by atoms with Gasteiger partial charge >= 0.3 is 6.03 Å². The fourth-order valence-corrected chi connectivity index (χ4v) is 5.26. The van der Waals surface area contributed by atoms with Crippen molar-refractivity contribution >= 4 is 44.2 Å². The molecule has 0 radical (unpaired) electrons. The number of amides is 2. The van der Waals surface area contributed by atoms with Crippen LogP contribution in [0.4, 0.5) is 14.9 Å². The van der Waals surface area contributed by atoms with Crippen molar-refractivity contribution in [3.05, 3.63) is 52.9 Å². The van der Waals surface area contributed by atoms with Crippen LogP contribution in [0.15, 0.2) is 40.9 Å². The number of hydrogen-bond donors (Lipinski definition) is 1. The fraction of sp³-hybridized carbons (Fsp3) is 0.348. The highest BCUT2D eigenvalue weighted by Crippen LogP contribution is 2.33. The molecule has 1 aliphatic rings. The lowest BCUT2D eigenvalue weighted by atomic mass is 9.92. The molecule has 2 aromatic carbocycles. The van der Waals surface area contributed by atoms with Gasteiger partial charge in [-0.15, -0.1) is 11.3 Å². The average molecular weight is 439 g/mol. The largest absolute Gasteiger partial charge is 0.356 e. The number of urea groups is 1. The highest BCUT2D eigenvalue weighted by atomic mass is 32.1. The molecule has 6 nitrogen and oxygen atoms in total. The van der Waals surface area contributed by atoms with Gasteiger partial charge in [-0.2, -0.15) is 0 Å². The molecule has 0 aliphatic carbocycles. The van der Waals surface area contributed by atoms with Crippen LogP contribution in [0.1, 0.15) is 42.8 Å². The van der Waals surface area contributed by atoms with Gasteiger partial charge in [0.05, 0.1) is 20.9 Å². The van der Waals surface area contributed by atoms with Crippen LogP contribution in [-0.4, -0.2) is 34.2 Å². The Hall–Kier alpha value is -3.00. The zero-order chi connectivity index (χ0) is 21.4. The average Bonchev–Trinajstić information content (AvgIpc) is 3.37. The number of aryl methyl sites for hydroxylation is 1. The maximum Gasteiger partial charge on any atom is 0.321 e. The van der Waals surface area contributed by atoms with E-state index in [9.17, 15) is 9.18 Å². The number of hydrogen-bond acceptors (Lipinski definition) is 5. The Morgan fingerprint density at radius 1 is 1.26 bits per heavy atom. The first-order chi connectivity index (χ1) is 15.1. The summed E-state index contributed by atoms with van der Waals surface area (Å²) in [6.07, 6.45) is 3.57. The molecular formula is C23H23FN4O2S. The zero-order valence-electron chi connectivity index (χ0n) is 17.2. The van der Waals surface area contributed by atoms with Crippen molar-refractivity contribution < 1.29 is 13.7 Å². The Kier molecular flexibility index (Phi) is 5.31. The van der Waals surface area contributed by atoms with Crippen LogP contribution in [0.5, 0.6) is 0 Å². The van der Waals surface area contributed by atoms with E-state index in [0.29, 0.717) is 18.7 Å². The third-order valence-electron chi connectivity index (χ3n) is 5.78. The van der Waals surface area contributed by atoms with Gasteiger partial charge in [-0.3, -0.25) is 0 Å². The van der Waals surface area contributed by atoms with E-state index >= 15 is 0 Å². The summed E-state index contributed by atoms with van der Waals surface area (Å²) in [7, 11) is 0. The van der Waals surface area contributed by atoms with Gasteiger partial charge in [0.15, 0.2) is 5.58 Å². The number of benzene rings is 2. The van der Waals surface area contributed by atoms with Crippen molar-refractivity contribution in [1.82, 2.24) is 15.0 Å². The third kappa shape index (κ3) is 3.99. The molecule has 1 aliphatic heterocycles. The predicted molar refractivity (Wildman–Crippen MR) is 120 cm³/mol. The molecule has 0 unspecified atom stereocenters. The minimum atomic E-state index is -0.298. The first kappa shape index (κ1) is 19.9. The summed E-state index contributed by atoms with van der Waals surface area (Å²) in [4.78, 5) is 19.2. The van der Waals surface area contributed by atoms with Gasteiger partial charge in [0, 0.05) is 30.1 Å². The number of carbonyl (C=O) groups is 1. The Bertz CT molecular complexity index is 1240. The summed E-state index contributed by atoms with van der Waals surface area (Å²) in [5.41, 5.74) is 3.14. The van der Waals surface area contributed by atoms with Gasteiger partial charge in [0.1, 0.15) is 5.82 Å². The van der Waals surface area contributed by atoms with Gasteiger partial charge < -0.3 is 14.7 Å². The van der Waals surface area contributed by atoms with Crippen molar-refractivity contribution in [2.24, 2.45) is 0 Å². The van der Waals surface area contributed by atoms with Crippen LogP contribution in [0, 0.1) is 5.82 Å². The highest BCUT2D eigenvalue weighted by molar-refractivity contribution is 7.18. The first-order valence-corrected chi connectivity index (χ1v) is 11.4. The molecule has 1 N–H and O–H groups in total. The SMILES string of the molecule is CCCc1nc2ccc(NC(=O)N3CCC(c4noc5ccc(F)cc45)CC3)cc2s1. The summed E-state index contributed by atoms with van der Waals surface area (Å²) in [6, 6.07) is 10.2. The lowest BCUT2D eigenvalue weighted by Gasteiger charge is -2.31. The summed E-state index contributed by atoms with van der Waals surface area (Å²) < 4.78 is 20.1. The topological polar surface area (TPSA) is 71.3 Å². The quantitative estimate of drug-likeness (QED) is 0.428. The number of rotatable bonds is 4. The fourth-order valence-electron chi connectivity index (χ4n) is 4.15. The Balaban J connectivity index is 1.23. The van der Waals surface area contributed by atoms with Gasteiger partial charge in [0.2, 0.25) is 0 Å². The molecule has 2 amide bonds. The van der Waals surface area contributed by atoms with E-state index in [1.165, 1.54) is 12.1 Å². The minimum absolute atomic E-state index is 0.104. The van der Waals surface area contributed by atoms with Gasteiger partial charge in [-0.05, 0) is 62.1 Å². The molecule has 0 spiro atoms. The first-order valence-electron chi connectivity index (χ1n) is 10.6. The number of fused-ring (bicyclic) bond motifs is 2. The number of aromatic nitrogens is 2. The van der Waals surface area contributed by atoms with Crippen LogP contribution in [0.2, 0.25) is 0 Å².